The molecular weight excluding hydrogens is 291 g/mol. The van der Waals surface area contributed by atoms with Crippen LogP contribution in [-0.2, 0) is 9.84 Å². The molecule has 0 saturated carbocycles. The van der Waals surface area contributed by atoms with Crippen molar-refractivity contribution in [3.63, 3.8) is 0 Å². The van der Waals surface area contributed by atoms with Gasteiger partial charge in [0.2, 0.25) is 0 Å². The van der Waals surface area contributed by atoms with Crippen LogP contribution in [0.2, 0.25) is 0 Å². The van der Waals surface area contributed by atoms with Gasteiger partial charge in [0.25, 0.3) is 0 Å². The van der Waals surface area contributed by atoms with E-state index in [-0.39, 0.29) is 16.8 Å². The highest BCUT2D eigenvalue weighted by molar-refractivity contribution is 7.90. The van der Waals surface area contributed by atoms with Gasteiger partial charge in [0.1, 0.15) is 5.82 Å². The summed E-state index contributed by atoms with van der Waals surface area (Å²) in [4.78, 5) is 4.28. The monoisotopic (exact) mass is 308 g/mol. The van der Waals surface area contributed by atoms with Crippen LogP contribution in [0.4, 0.5) is 10.1 Å². The predicted molar refractivity (Wildman–Crippen MR) is 80.5 cm³/mol. The second kappa shape index (κ2) is 5.81. The fourth-order valence-electron chi connectivity index (χ4n) is 1.94. The molecule has 4 nitrogen and oxygen atoms in total. The van der Waals surface area contributed by atoms with E-state index in [9.17, 15) is 12.8 Å². The lowest BCUT2D eigenvalue weighted by Crippen LogP contribution is -2.10. The first kappa shape index (κ1) is 15.4. The molecule has 21 heavy (non-hydrogen) atoms. The van der Waals surface area contributed by atoms with Gasteiger partial charge in [0, 0.05) is 11.9 Å². The van der Waals surface area contributed by atoms with Crippen LogP contribution >= 0.6 is 0 Å². The second-order valence-corrected chi connectivity index (χ2v) is 7.03. The number of halogens is 1. The number of anilines is 1. The molecule has 2 rings (SSSR count). The maximum absolute atomic E-state index is 12.9. The average Bonchev–Trinajstić information content (AvgIpc) is 2.40. The maximum Gasteiger partial charge on any atom is 0.175 e. The number of benzene rings is 1. The summed E-state index contributed by atoms with van der Waals surface area (Å²) in [6.07, 6.45) is 2.33. The van der Waals surface area contributed by atoms with Gasteiger partial charge in [-0.25, -0.2) is 12.8 Å². The van der Waals surface area contributed by atoms with Gasteiger partial charge < -0.3 is 5.32 Å². The predicted octanol–water partition coefficient (Wildman–Crippen LogP) is 3.11. The van der Waals surface area contributed by atoms with Crippen LogP contribution in [0.15, 0.2) is 41.4 Å². The summed E-state index contributed by atoms with van der Waals surface area (Å²) in [5.74, 6) is -0.388. The zero-order chi connectivity index (χ0) is 15.6. The molecule has 0 aliphatic heterocycles. The van der Waals surface area contributed by atoms with Crippen molar-refractivity contribution >= 4 is 15.5 Å². The molecule has 1 aromatic carbocycles. The lowest BCUT2D eigenvalue weighted by atomic mass is 10.1. The Kier molecular flexibility index (Phi) is 4.27. The number of aryl methyl sites for hydroxylation is 1. The highest BCUT2D eigenvalue weighted by Crippen LogP contribution is 2.24. The molecule has 0 aliphatic carbocycles. The maximum atomic E-state index is 12.9. The van der Waals surface area contributed by atoms with Crippen molar-refractivity contribution in [3.05, 3.63) is 53.6 Å². The minimum Gasteiger partial charge on any atom is -0.377 e. The van der Waals surface area contributed by atoms with Crippen LogP contribution in [0.3, 0.4) is 0 Å². The molecule has 0 amide bonds. The second-order valence-electron chi connectivity index (χ2n) is 5.02. The van der Waals surface area contributed by atoms with Gasteiger partial charge in [0.15, 0.2) is 9.84 Å². The van der Waals surface area contributed by atoms with Crippen molar-refractivity contribution in [2.45, 2.75) is 24.8 Å². The molecule has 2 aromatic rings. The molecule has 6 heteroatoms. The molecule has 112 valence electrons. The van der Waals surface area contributed by atoms with E-state index in [4.69, 9.17) is 0 Å². The molecule has 1 heterocycles. The number of nitrogens with zero attached hydrogens (tertiary/aromatic N) is 1. The zero-order valence-electron chi connectivity index (χ0n) is 12.1. The zero-order valence-corrected chi connectivity index (χ0v) is 12.9. The lowest BCUT2D eigenvalue weighted by molar-refractivity contribution is 0.602. The van der Waals surface area contributed by atoms with Crippen molar-refractivity contribution in [2.75, 3.05) is 11.6 Å². The van der Waals surface area contributed by atoms with Crippen LogP contribution in [0.25, 0.3) is 0 Å². The van der Waals surface area contributed by atoms with Crippen molar-refractivity contribution in [1.29, 1.82) is 0 Å². The molecule has 0 saturated heterocycles. The summed E-state index contributed by atoms with van der Waals surface area (Å²) in [5, 5.41) is 3.21. The molecule has 1 unspecified atom stereocenters. The normalized spacial score (nSPS) is 13.0. The molecule has 0 radical (unpaired) electrons. The van der Waals surface area contributed by atoms with E-state index in [0.717, 1.165) is 17.4 Å². The van der Waals surface area contributed by atoms with E-state index < -0.39 is 9.84 Å². The van der Waals surface area contributed by atoms with Crippen LogP contribution in [0, 0.1) is 12.7 Å². The average molecular weight is 308 g/mol. The highest BCUT2D eigenvalue weighted by Gasteiger charge is 2.12. The molecule has 0 aliphatic rings. The minimum atomic E-state index is -3.25. The van der Waals surface area contributed by atoms with Crippen LogP contribution in [0.5, 0.6) is 0 Å². The summed E-state index contributed by atoms with van der Waals surface area (Å²) < 4.78 is 36.1. The Morgan fingerprint density at radius 1 is 1.24 bits per heavy atom. The van der Waals surface area contributed by atoms with E-state index in [1.807, 2.05) is 13.8 Å². The van der Waals surface area contributed by atoms with Gasteiger partial charge in [0.05, 0.1) is 22.8 Å². The quantitative estimate of drug-likeness (QED) is 0.943. The smallest absolute Gasteiger partial charge is 0.175 e. The van der Waals surface area contributed by atoms with Crippen molar-refractivity contribution in [3.8, 4) is 0 Å². The summed E-state index contributed by atoms with van der Waals surface area (Å²) in [6, 6.07) is 7.72. The van der Waals surface area contributed by atoms with Gasteiger partial charge in [-0.05, 0) is 43.7 Å². The molecule has 1 aromatic heterocycles. The molecular formula is C15H17FN2O2S. The Balaban J connectivity index is 2.28. The molecule has 0 bridgehead atoms. The lowest BCUT2D eigenvalue weighted by Gasteiger charge is -2.17. The molecule has 1 N–H and O–H groups in total. The third-order valence-electron chi connectivity index (χ3n) is 3.20. The van der Waals surface area contributed by atoms with E-state index in [1.54, 1.807) is 24.3 Å². The highest BCUT2D eigenvalue weighted by atomic mass is 32.2. The fourth-order valence-corrected chi connectivity index (χ4v) is 2.59. The first-order valence-corrected chi connectivity index (χ1v) is 8.35. The van der Waals surface area contributed by atoms with Crippen LogP contribution in [0.1, 0.15) is 24.2 Å². The summed E-state index contributed by atoms with van der Waals surface area (Å²) in [5.41, 5.74) is 2.33. The standard InChI is InChI=1S/C15H17FN2O2S/c1-10-4-6-13(21(3,19)20)8-15(10)18-11(2)14-7-5-12(16)9-17-14/h4-9,11,18H,1-3H3. The van der Waals surface area contributed by atoms with Gasteiger partial charge in [-0.15, -0.1) is 0 Å². The largest absolute Gasteiger partial charge is 0.377 e. The van der Waals surface area contributed by atoms with Gasteiger partial charge in [-0.2, -0.15) is 0 Å². The minimum absolute atomic E-state index is 0.167. The number of hydrogen-bond acceptors (Lipinski definition) is 4. The Morgan fingerprint density at radius 3 is 2.52 bits per heavy atom. The van der Waals surface area contributed by atoms with E-state index in [2.05, 4.69) is 10.3 Å². The fraction of sp³-hybridized carbons (Fsp3) is 0.267. The number of pyridine rings is 1. The van der Waals surface area contributed by atoms with Crippen LogP contribution < -0.4 is 5.32 Å². The Labute approximate surface area is 124 Å². The first-order chi connectivity index (χ1) is 9.77. The first-order valence-electron chi connectivity index (χ1n) is 6.46. The molecule has 0 spiro atoms. The van der Waals surface area contributed by atoms with Crippen LogP contribution in [-0.4, -0.2) is 19.7 Å². The Morgan fingerprint density at radius 2 is 1.95 bits per heavy atom. The van der Waals surface area contributed by atoms with Crippen molar-refractivity contribution in [2.24, 2.45) is 0 Å². The summed E-state index contributed by atoms with van der Waals surface area (Å²) >= 11 is 0. The summed E-state index contributed by atoms with van der Waals surface area (Å²) in [6.45, 7) is 3.77. The SMILES string of the molecule is Cc1ccc(S(C)(=O)=O)cc1NC(C)c1ccc(F)cn1. The third-order valence-corrected chi connectivity index (χ3v) is 4.31. The van der Waals surface area contributed by atoms with E-state index >= 15 is 0 Å². The summed E-state index contributed by atoms with van der Waals surface area (Å²) in [7, 11) is -3.25. The van der Waals surface area contributed by atoms with Gasteiger partial charge >= 0.3 is 0 Å². The number of aromatic nitrogens is 1. The van der Waals surface area contributed by atoms with Gasteiger partial charge in [-0.1, -0.05) is 6.07 Å². The van der Waals surface area contributed by atoms with E-state index in [0.29, 0.717) is 5.69 Å². The van der Waals surface area contributed by atoms with E-state index in [1.165, 1.54) is 12.3 Å². The topological polar surface area (TPSA) is 59.1 Å². The molecule has 0 fully saturated rings. The Bertz CT molecular complexity index is 743. The number of sulfone groups is 1. The van der Waals surface area contributed by atoms with Crippen molar-refractivity contribution in [1.82, 2.24) is 4.98 Å². The Hall–Kier alpha value is -1.95. The number of hydrogen-bond donors (Lipinski definition) is 1. The van der Waals surface area contributed by atoms with Gasteiger partial charge in [-0.3, -0.25) is 4.98 Å². The number of rotatable bonds is 4. The molecule has 1 atom stereocenters. The van der Waals surface area contributed by atoms with Crippen molar-refractivity contribution < 1.29 is 12.8 Å². The number of nitrogens with one attached hydrogen (secondary N) is 1. The third kappa shape index (κ3) is 3.78.